The third-order valence-electron chi connectivity index (χ3n) is 6.53. The maximum atomic E-state index is 12.2. The van der Waals surface area contributed by atoms with Crippen molar-refractivity contribution in [1.29, 1.82) is 0 Å². The Labute approximate surface area is 252 Å². The predicted molar refractivity (Wildman–Crippen MR) is 160 cm³/mol. The summed E-state index contributed by atoms with van der Waals surface area (Å²) in [7, 11) is 0. The lowest BCUT2D eigenvalue weighted by molar-refractivity contribution is -0.144. The minimum absolute atomic E-state index is 0.0799. The third-order valence-corrected chi connectivity index (χ3v) is 6.53. The normalized spacial score (nSPS) is 12.3. The van der Waals surface area contributed by atoms with Crippen LogP contribution in [0.3, 0.4) is 0 Å². The van der Waals surface area contributed by atoms with E-state index < -0.39 is 12.2 Å². The Morgan fingerprint density at radius 3 is 1.50 bits per heavy atom. The molecule has 12 nitrogen and oxygen atoms in total. The van der Waals surface area contributed by atoms with Gasteiger partial charge >= 0.3 is 24.1 Å². The summed E-state index contributed by atoms with van der Waals surface area (Å²) >= 11 is 0. The highest BCUT2D eigenvalue weighted by Gasteiger charge is 2.14. The van der Waals surface area contributed by atoms with Crippen molar-refractivity contribution in [2.75, 3.05) is 52.5 Å². The highest BCUT2D eigenvalue weighted by Crippen LogP contribution is 2.07. The van der Waals surface area contributed by atoms with Gasteiger partial charge in [-0.2, -0.15) is 0 Å². The molecule has 0 heterocycles. The largest absolute Gasteiger partial charge is 0.466 e. The zero-order chi connectivity index (χ0) is 31.4. The number of carbonyl (C=O) groups is 4. The molecule has 246 valence electrons. The Balaban J connectivity index is 4.18. The molecule has 0 fully saturated rings. The molecule has 0 saturated heterocycles. The minimum Gasteiger partial charge on any atom is -0.466 e. The molecule has 2 amide bonds. The monoisotopic (exact) mass is 603 g/mol. The van der Waals surface area contributed by atoms with E-state index in [-0.39, 0.29) is 56.8 Å². The Morgan fingerprint density at radius 2 is 1.12 bits per heavy atom. The fourth-order valence-electron chi connectivity index (χ4n) is 4.05. The lowest BCUT2D eigenvalue weighted by Crippen LogP contribution is -2.31. The predicted octanol–water partition coefficient (Wildman–Crippen LogP) is 4.32. The Morgan fingerprint density at radius 1 is 0.667 bits per heavy atom. The lowest BCUT2D eigenvalue weighted by atomic mass is 10.2. The standard InChI is InChI=1S/C30H57N3O9/c1-5-13-25(7-3)41-29(37)31-17-11-23-39-27(35)15-20-33(19-9-10-22-34)21-16-28(36)40-24-12-18-32-30(38)42-26(8-4)14-6-2/h25-26,34H,5-24H2,1-4H3,(H,31,37)(H,32,38). The van der Waals surface area contributed by atoms with Crippen molar-refractivity contribution in [1.82, 2.24) is 15.5 Å². The van der Waals surface area contributed by atoms with Gasteiger partial charge in [-0.15, -0.1) is 0 Å². The van der Waals surface area contributed by atoms with Gasteiger partial charge in [0.25, 0.3) is 0 Å². The summed E-state index contributed by atoms with van der Waals surface area (Å²) < 4.78 is 21.2. The molecule has 0 aromatic heterocycles. The molecular formula is C30H57N3O9. The van der Waals surface area contributed by atoms with Crippen LogP contribution in [0.15, 0.2) is 0 Å². The van der Waals surface area contributed by atoms with Crippen molar-refractivity contribution in [3.63, 3.8) is 0 Å². The van der Waals surface area contributed by atoms with Crippen molar-refractivity contribution < 1.29 is 43.2 Å². The number of unbranched alkanes of at least 4 members (excludes halogenated alkanes) is 1. The van der Waals surface area contributed by atoms with Gasteiger partial charge in [-0.3, -0.25) is 9.59 Å². The molecule has 0 saturated carbocycles. The summed E-state index contributed by atoms with van der Waals surface area (Å²) in [5.74, 6) is -0.709. The number of carbonyl (C=O) groups excluding carboxylic acids is 4. The molecule has 3 N–H and O–H groups in total. The quantitative estimate of drug-likeness (QED) is 0.0740. The van der Waals surface area contributed by atoms with Gasteiger partial charge in [-0.05, 0) is 57.9 Å². The van der Waals surface area contributed by atoms with Gasteiger partial charge in [0.15, 0.2) is 0 Å². The average molecular weight is 604 g/mol. The second-order valence-corrected chi connectivity index (χ2v) is 10.2. The van der Waals surface area contributed by atoms with E-state index in [9.17, 15) is 19.2 Å². The molecule has 0 radical (unpaired) electrons. The lowest BCUT2D eigenvalue weighted by Gasteiger charge is -2.21. The van der Waals surface area contributed by atoms with Crippen molar-refractivity contribution in [3.05, 3.63) is 0 Å². The fraction of sp³-hybridized carbons (Fsp3) is 0.867. The molecule has 0 aliphatic heterocycles. The van der Waals surface area contributed by atoms with Crippen molar-refractivity contribution in [2.45, 2.75) is 117 Å². The average Bonchev–Trinajstić information content (AvgIpc) is 2.97. The first kappa shape index (κ1) is 39.4. The van der Waals surface area contributed by atoms with E-state index in [1.54, 1.807) is 0 Å². The van der Waals surface area contributed by atoms with Crippen LogP contribution in [0.4, 0.5) is 9.59 Å². The van der Waals surface area contributed by atoms with Crippen molar-refractivity contribution in [2.24, 2.45) is 0 Å². The first-order chi connectivity index (χ1) is 20.3. The van der Waals surface area contributed by atoms with Crippen LogP contribution in [-0.2, 0) is 28.5 Å². The highest BCUT2D eigenvalue weighted by atomic mass is 16.6. The number of hydrogen-bond donors (Lipinski definition) is 3. The Kier molecular flexibility index (Phi) is 25.6. The number of nitrogens with one attached hydrogen (secondary N) is 2. The third kappa shape index (κ3) is 23.0. The van der Waals surface area contributed by atoms with E-state index in [2.05, 4.69) is 10.6 Å². The molecule has 2 atom stereocenters. The Bertz CT molecular complexity index is 670. The summed E-state index contributed by atoms with van der Waals surface area (Å²) in [6.45, 7) is 10.7. The van der Waals surface area contributed by atoms with Crippen LogP contribution in [-0.4, -0.2) is 98.9 Å². The summed E-state index contributed by atoms with van der Waals surface area (Å²) in [5.41, 5.74) is 0. The van der Waals surface area contributed by atoms with E-state index in [4.69, 9.17) is 24.1 Å². The van der Waals surface area contributed by atoms with Gasteiger partial charge in [0, 0.05) is 32.8 Å². The number of ether oxygens (including phenoxy) is 4. The van der Waals surface area contributed by atoms with Gasteiger partial charge in [-0.1, -0.05) is 40.5 Å². The van der Waals surface area contributed by atoms with Gasteiger partial charge in [0.1, 0.15) is 12.2 Å². The second kappa shape index (κ2) is 27.2. The van der Waals surface area contributed by atoms with Crippen molar-refractivity contribution >= 4 is 24.1 Å². The first-order valence-electron chi connectivity index (χ1n) is 15.8. The van der Waals surface area contributed by atoms with Crippen LogP contribution < -0.4 is 10.6 Å². The van der Waals surface area contributed by atoms with Crippen LogP contribution in [0, 0.1) is 0 Å². The van der Waals surface area contributed by atoms with E-state index >= 15 is 0 Å². The SMILES string of the molecule is CCCC(CC)OC(=O)NCCCOC(=O)CCN(CCCCO)CCC(=O)OCCCNC(=O)OC(CC)CCC. The first-order valence-corrected chi connectivity index (χ1v) is 15.8. The van der Waals surface area contributed by atoms with E-state index in [0.717, 1.165) is 44.9 Å². The zero-order valence-electron chi connectivity index (χ0n) is 26.5. The number of aliphatic hydroxyl groups excluding tert-OH is 1. The van der Waals surface area contributed by atoms with E-state index in [0.29, 0.717) is 52.0 Å². The Hall–Kier alpha value is -2.60. The van der Waals surface area contributed by atoms with Gasteiger partial charge in [0.2, 0.25) is 0 Å². The smallest absolute Gasteiger partial charge is 0.407 e. The molecule has 12 heteroatoms. The molecule has 0 spiro atoms. The molecule has 0 aliphatic rings. The number of alkyl carbamates (subject to hydrolysis) is 2. The fourth-order valence-corrected chi connectivity index (χ4v) is 4.05. The molecule has 2 unspecified atom stereocenters. The molecule has 0 bridgehead atoms. The molecule has 0 aliphatic carbocycles. The maximum absolute atomic E-state index is 12.2. The van der Waals surface area contributed by atoms with Crippen LogP contribution in [0.1, 0.15) is 105 Å². The summed E-state index contributed by atoms with van der Waals surface area (Å²) in [6.07, 6.45) is 6.66. The number of rotatable bonds is 26. The van der Waals surface area contributed by atoms with Crippen LogP contribution >= 0.6 is 0 Å². The highest BCUT2D eigenvalue weighted by molar-refractivity contribution is 5.70. The molecule has 0 aromatic carbocycles. The second-order valence-electron chi connectivity index (χ2n) is 10.2. The molecular weight excluding hydrogens is 546 g/mol. The number of hydrogen-bond acceptors (Lipinski definition) is 10. The summed E-state index contributed by atoms with van der Waals surface area (Å²) in [5, 5.41) is 14.4. The topological polar surface area (TPSA) is 153 Å². The molecule has 0 aromatic rings. The van der Waals surface area contributed by atoms with E-state index in [1.165, 1.54) is 0 Å². The minimum atomic E-state index is -0.456. The summed E-state index contributed by atoms with van der Waals surface area (Å²) in [6, 6.07) is 0. The van der Waals surface area contributed by atoms with Crippen molar-refractivity contribution in [3.8, 4) is 0 Å². The number of nitrogens with zero attached hydrogens (tertiary/aromatic N) is 1. The number of amides is 2. The van der Waals surface area contributed by atoms with Crippen LogP contribution in [0.5, 0.6) is 0 Å². The van der Waals surface area contributed by atoms with E-state index in [1.807, 2.05) is 32.6 Å². The number of esters is 2. The van der Waals surface area contributed by atoms with Gasteiger partial charge in [0.05, 0.1) is 26.1 Å². The maximum Gasteiger partial charge on any atom is 0.407 e. The van der Waals surface area contributed by atoms with Gasteiger partial charge < -0.3 is 39.6 Å². The number of aliphatic hydroxyl groups is 1. The summed E-state index contributed by atoms with van der Waals surface area (Å²) in [4.78, 5) is 50.0. The molecule has 42 heavy (non-hydrogen) atoms. The van der Waals surface area contributed by atoms with Crippen LogP contribution in [0.2, 0.25) is 0 Å². The van der Waals surface area contributed by atoms with Crippen LogP contribution in [0.25, 0.3) is 0 Å². The molecule has 0 rings (SSSR count). The zero-order valence-corrected chi connectivity index (χ0v) is 26.5. The van der Waals surface area contributed by atoms with Gasteiger partial charge in [-0.25, -0.2) is 9.59 Å².